The van der Waals surface area contributed by atoms with Gasteiger partial charge in [0.25, 0.3) is 0 Å². The molecular weight excluding hydrogens is 244 g/mol. The van der Waals surface area contributed by atoms with Crippen molar-refractivity contribution in [3.05, 3.63) is 0 Å². The fourth-order valence-electron chi connectivity index (χ4n) is 2.99. The summed E-state index contributed by atoms with van der Waals surface area (Å²) in [6, 6.07) is 0. The normalized spacial score (nSPS) is 33.1. The Balaban J connectivity index is 1.81. The van der Waals surface area contributed by atoms with E-state index in [-0.39, 0.29) is 11.3 Å². The molecule has 2 heterocycles. The summed E-state index contributed by atoms with van der Waals surface area (Å²) < 4.78 is 0. The fourth-order valence-corrected chi connectivity index (χ4v) is 4.23. The average molecular weight is 270 g/mol. The van der Waals surface area contributed by atoms with Gasteiger partial charge in [-0.3, -0.25) is 4.79 Å². The highest BCUT2D eigenvalue weighted by Crippen LogP contribution is 2.30. The standard InChI is InChI=1S/C14H26N2OS/c1-2-14(7-5-8-15-11-14)13(17)16-10-12-6-3-4-9-18-12/h12,15H,2-11H2,1H3,(H,16,17). The third-order valence-electron chi connectivity index (χ3n) is 4.40. The van der Waals surface area contributed by atoms with E-state index < -0.39 is 0 Å². The number of thioether (sulfide) groups is 1. The molecule has 0 aliphatic carbocycles. The van der Waals surface area contributed by atoms with Crippen molar-refractivity contribution in [3.8, 4) is 0 Å². The molecule has 2 atom stereocenters. The maximum atomic E-state index is 12.4. The van der Waals surface area contributed by atoms with Crippen molar-refractivity contribution < 1.29 is 4.79 Å². The zero-order chi connectivity index (χ0) is 12.8. The van der Waals surface area contributed by atoms with Crippen molar-refractivity contribution in [1.82, 2.24) is 10.6 Å². The first-order valence-electron chi connectivity index (χ1n) is 7.37. The minimum atomic E-state index is -0.141. The second-order valence-corrected chi connectivity index (χ2v) is 7.02. The molecule has 2 aliphatic heterocycles. The maximum absolute atomic E-state index is 12.4. The Morgan fingerprint density at radius 2 is 2.33 bits per heavy atom. The molecule has 2 rings (SSSR count). The first kappa shape index (κ1) is 14.2. The number of hydrogen-bond acceptors (Lipinski definition) is 3. The molecular formula is C14H26N2OS. The van der Waals surface area contributed by atoms with E-state index in [4.69, 9.17) is 0 Å². The lowest BCUT2D eigenvalue weighted by molar-refractivity contribution is -0.132. The van der Waals surface area contributed by atoms with Gasteiger partial charge in [-0.25, -0.2) is 0 Å². The van der Waals surface area contributed by atoms with Crippen LogP contribution in [0, 0.1) is 5.41 Å². The second-order valence-electron chi connectivity index (χ2n) is 5.61. The van der Waals surface area contributed by atoms with Crippen molar-refractivity contribution >= 4 is 17.7 Å². The zero-order valence-corrected chi connectivity index (χ0v) is 12.3. The second kappa shape index (κ2) is 6.80. The monoisotopic (exact) mass is 270 g/mol. The van der Waals surface area contributed by atoms with E-state index in [1.807, 2.05) is 11.8 Å². The van der Waals surface area contributed by atoms with Crippen LogP contribution in [0.5, 0.6) is 0 Å². The molecule has 2 unspecified atom stereocenters. The number of rotatable bonds is 4. The van der Waals surface area contributed by atoms with E-state index in [2.05, 4.69) is 17.6 Å². The number of hydrogen-bond donors (Lipinski definition) is 2. The highest BCUT2D eigenvalue weighted by molar-refractivity contribution is 7.99. The molecule has 2 saturated heterocycles. The lowest BCUT2D eigenvalue weighted by Crippen LogP contribution is -2.51. The van der Waals surface area contributed by atoms with Crippen molar-refractivity contribution in [2.45, 2.75) is 50.7 Å². The van der Waals surface area contributed by atoms with Crippen LogP contribution in [0.3, 0.4) is 0 Å². The Labute approximate surface area is 115 Å². The molecule has 0 saturated carbocycles. The SMILES string of the molecule is CCC1(C(=O)NCC2CCCCS2)CCCNC1. The smallest absolute Gasteiger partial charge is 0.227 e. The first-order chi connectivity index (χ1) is 8.77. The Hall–Kier alpha value is -0.220. The van der Waals surface area contributed by atoms with Crippen LogP contribution in [0.25, 0.3) is 0 Å². The summed E-state index contributed by atoms with van der Waals surface area (Å²) in [7, 11) is 0. The van der Waals surface area contributed by atoms with Crippen LogP contribution in [0.15, 0.2) is 0 Å². The van der Waals surface area contributed by atoms with E-state index in [0.29, 0.717) is 5.25 Å². The minimum absolute atomic E-state index is 0.141. The third-order valence-corrected chi connectivity index (χ3v) is 5.79. The number of carbonyl (C=O) groups is 1. The summed E-state index contributed by atoms with van der Waals surface area (Å²) >= 11 is 2.03. The summed E-state index contributed by atoms with van der Waals surface area (Å²) in [6.07, 6.45) is 7.05. The quantitative estimate of drug-likeness (QED) is 0.822. The van der Waals surface area contributed by atoms with Crippen LogP contribution >= 0.6 is 11.8 Å². The van der Waals surface area contributed by atoms with E-state index in [0.717, 1.165) is 38.9 Å². The summed E-state index contributed by atoms with van der Waals surface area (Å²) in [5.74, 6) is 1.55. The summed E-state index contributed by atoms with van der Waals surface area (Å²) in [6.45, 7) is 4.92. The van der Waals surface area contributed by atoms with Gasteiger partial charge >= 0.3 is 0 Å². The largest absolute Gasteiger partial charge is 0.354 e. The lowest BCUT2D eigenvalue weighted by Gasteiger charge is -2.36. The molecule has 2 N–H and O–H groups in total. The molecule has 4 heteroatoms. The van der Waals surface area contributed by atoms with Crippen molar-refractivity contribution in [2.75, 3.05) is 25.4 Å². The van der Waals surface area contributed by atoms with Crippen molar-refractivity contribution in [3.63, 3.8) is 0 Å². The fraction of sp³-hybridized carbons (Fsp3) is 0.929. The molecule has 0 aromatic carbocycles. The van der Waals surface area contributed by atoms with Crippen molar-refractivity contribution in [1.29, 1.82) is 0 Å². The molecule has 2 fully saturated rings. The van der Waals surface area contributed by atoms with Gasteiger partial charge in [0.15, 0.2) is 0 Å². The van der Waals surface area contributed by atoms with Gasteiger partial charge in [0, 0.05) is 18.3 Å². The van der Waals surface area contributed by atoms with Crippen LogP contribution < -0.4 is 10.6 Å². The number of nitrogens with one attached hydrogen (secondary N) is 2. The van der Waals surface area contributed by atoms with Crippen LogP contribution in [0.4, 0.5) is 0 Å². The van der Waals surface area contributed by atoms with Gasteiger partial charge in [0.1, 0.15) is 0 Å². The average Bonchev–Trinajstić information content (AvgIpc) is 2.46. The molecule has 104 valence electrons. The molecule has 2 aliphatic rings. The molecule has 18 heavy (non-hydrogen) atoms. The van der Waals surface area contributed by atoms with Gasteiger partial charge in [-0.05, 0) is 44.4 Å². The molecule has 0 spiro atoms. The van der Waals surface area contributed by atoms with Gasteiger partial charge in [0.2, 0.25) is 5.91 Å². The predicted molar refractivity (Wildman–Crippen MR) is 77.9 cm³/mol. The van der Waals surface area contributed by atoms with E-state index in [1.165, 1.54) is 25.0 Å². The van der Waals surface area contributed by atoms with Crippen LogP contribution in [-0.2, 0) is 4.79 Å². The highest BCUT2D eigenvalue weighted by Gasteiger charge is 2.37. The third kappa shape index (κ3) is 3.41. The molecule has 0 bridgehead atoms. The van der Waals surface area contributed by atoms with Crippen LogP contribution in [-0.4, -0.2) is 36.5 Å². The topological polar surface area (TPSA) is 41.1 Å². The lowest BCUT2D eigenvalue weighted by atomic mass is 9.77. The summed E-state index contributed by atoms with van der Waals surface area (Å²) in [5, 5.41) is 7.24. The number of carbonyl (C=O) groups excluding carboxylic acids is 1. The van der Waals surface area contributed by atoms with E-state index >= 15 is 0 Å². The minimum Gasteiger partial charge on any atom is -0.354 e. The number of amides is 1. The van der Waals surface area contributed by atoms with Gasteiger partial charge in [-0.15, -0.1) is 0 Å². The Bertz CT molecular complexity index is 271. The van der Waals surface area contributed by atoms with Gasteiger partial charge in [-0.1, -0.05) is 13.3 Å². The van der Waals surface area contributed by atoms with Gasteiger partial charge in [0.05, 0.1) is 5.41 Å². The molecule has 1 amide bonds. The maximum Gasteiger partial charge on any atom is 0.227 e. The predicted octanol–water partition coefficient (Wildman–Crippen LogP) is 2.17. The molecule has 0 radical (unpaired) electrons. The highest BCUT2D eigenvalue weighted by atomic mass is 32.2. The molecule has 0 aromatic rings. The molecule has 3 nitrogen and oxygen atoms in total. The van der Waals surface area contributed by atoms with E-state index in [1.54, 1.807) is 0 Å². The number of piperidine rings is 1. The first-order valence-corrected chi connectivity index (χ1v) is 8.42. The van der Waals surface area contributed by atoms with Crippen LogP contribution in [0.2, 0.25) is 0 Å². The summed E-state index contributed by atoms with van der Waals surface area (Å²) in [5.41, 5.74) is -0.141. The molecule has 0 aromatic heterocycles. The van der Waals surface area contributed by atoms with Gasteiger partial charge < -0.3 is 10.6 Å². The van der Waals surface area contributed by atoms with Crippen molar-refractivity contribution in [2.24, 2.45) is 5.41 Å². The summed E-state index contributed by atoms with van der Waals surface area (Å²) in [4.78, 5) is 12.4. The van der Waals surface area contributed by atoms with Crippen LogP contribution in [0.1, 0.15) is 45.4 Å². The Morgan fingerprint density at radius 3 is 2.94 bits per heavy atom. The Kier molecular flexibility index (Phi) is 5.37. The van der Waals surface area contributed by atoms with E-state index in [9.17, 15) is 4.79 Å². The van der Waals surface area contributed by atoms with Gasteiger partial charge in [-0.2, -0.15) is 11.8 Å². The Morgan fingerprint density at radius 1 is 1.44 bits per heavy atom. The zero-order valence-electron chi connectivity index (χ0n) is 11.5.